The van der Waals surface area contributed by atoms with Gasteiger partial charge in [-0.3, -0.25) is 0 Å². The number of aliphatic hydroxyl groups excluding tert-OH is 1. The van der Waals surface area contributed by atoms with Gasteiger partial charge in [-0.25, -0.2) is 9.97 Å². The summed E-state index contributed by atoms with van der Waals surface area (Å²) >= 11 is 3.48. The van der Waals surface area contributed by atoms with Gasteiger partial charge < -0.3 is 5.11 Å². The van der Waals surface area contributed by atoms with Gasteiger partial charge in [-0.15, -0.1) is 0 Å². The first-order valence-corrected chi connectivity index (χ1v) is 5.70. The van der Waals surface area contributed by atoms with E-state index in [4.69, 9.17) is 5.11 Å². The third-order valence-corrected chi connectivity index (χ3v) is 2.88. The van der Waals surface area contributed by atoms with Crippen molar-refractivity contribution in [3.8, 4) is 11.3 Å². The first kappa shape index (κ1) is 11.2. The van der Waals surface area contributed by atoms with E-state index >= 15 is 0 Å². The molecule has 0 unspecified atom stereocenters. The number of aromatic nitrogens is 2. The Morgan fingerprint density at radius 3 is 2.69 bits per heavy atom. The molecule has 0 bridgehead atoms. The Kier molecular flexibility index (Phi) is 3.31. The van der Waals surface area contributed by atoms with Gasteiger partial charge in [0.25, 0.3) is 0 Å². The Labute approximate surface area is 102 Å². The molecule has 1 aromatic carbocycles. The summed E-state index contributed by atoms with van der Waals surface area (Å²) in [5.41, 5.74) is 2.68. The molecule has 3 nitrogen and oxygen atoms in total. The Morgan fingerprint density at radius 2 is 2.00 bits per heavy atom. The van der Waals surface area contributed by atoms with Gasteiger partial charge in [-0.1, -0.05) is 34.1 Å². The largest absolute Gasteiger partial charge is 0.388 e. The van der Waals surface area contributed by atoms with Crippen LogP contribution in [0.25, 0.3) is 11.3 Å². The van der Waals surface area contributed by atoms with Gasteiger partial charge in [0.1, 0.15) is 6.61 Å². The molecule has 4 heteroatoms. The van der Waals surface area contributed by atoms with Crippen molar-refractivity contribution in [2.45, 2.75) is 13.5 Å². The molecule has 1 aromatic heterocycles. The molecule has 0 spiro atoms. The van der Waals surface area contributed by atoms with Crippen LogP contribution in [0, 0.1) is 6.92 Å². The van der Waals surface area contributed by atoms with Crippen molar-refractivity contribution in [1.82, 2.24) is 9.97 Å². The van der Waals surface area contributed by atoms with E-state index in [1.165, 1.54) is 0 Å². The highest BCUT2D eigenvalue weighted by atomic mass is 79.9. The number of hydrogen-bond acceptors (Lipinski definition) is 3. The van der Waals surface area contributed by atoms with Crippen molar-refractivity contribution in [3.05, 3.63) is 46.3 Å². The third kappa shape index (κ3) is 2.28. The standard InChI is InChI=1S/C12H11BrN2O/c1-8-6-11(15-12(7-16)14-8)9-4-2-3-5-10(9)13/h2-6,16H,7H2,1H3. The Hall–Kier alpha value is -1.26. The van der Waals surface area contributed by atoms with Crippen LogP contribution in [0.4, 0.5) is 0 Å². The molecule has 0 aliphatic rings. The average Bonchev–Trinajstić information content (AvgIpc) is 2.28. The molecule has 0 aliphatic carbocycles. The molecule has 0 fully saturated rings. The second-order valence-electron chi connectivity index (χ2n) is 3.45. The number of hydrogen-bond donors (Lipinski definition) is 1. The maximum Gasteiger partial charge on any atom is 0.154 e. The van der Waals surface area contributed by atoms with E-state index < -0.39 is 0 Å². The SMILES string of the molecule is Cc1cc(-c2ccccc2Br)nc(CO)n1. The fourth-order valence-corrected chi connectivity index (χ4v) is 2.00. The van der Waals surface area contributed by atoms with E-state index in [0.717, 1.165) is 21.4 Å². The maximum atomic E-state index is 9.07. The van der Waals surface area contributed by atoms with Crippen LogP contribution >= 0.6 is 15.9 Å². The van der Waals surface area contributed by atoms with Crippen molar-refractivity contribution in [2.24, 2.45) is 0 Å². The van der Waals surface area contributed by atoms with Gasteiger partial charge in [-0.2, -0.15) is 0 Å². The normalized spacial score (nSPS) is 10.4. The summed E-state index contributed by atoms with van der Waals surface area (Å²) in [5, 5.41) is 9.07. The number of aliphatic hydroxyl groups is 1. The summed E-state index contributed by atoms with van der Waals surface area (Å²) in [5.74, 6) is 0.450. The minimum absolute atomic E-state index is 0.140. The summed E-state index contributed by atoms with van der Waals surface area (Å²) in [6.07, 6.45) is 0. The van der Waals surface area contributed by atoms with E-state index in [2.05, 4.69) is 25.9 Å². The molecule has 0 amide bonds. The average molecular weight is 279 g/mol. The monoisotopic (exact) mass is 278 g/mol. The zero-order chi connectivity index (χ0) is 11.5. The van der Waals surface area contributed by atoms with Crippen molar-refractivity contribution >= 4 is 15.9 Å². The van der Waals surface area contributed by atoms with Gasteiger partial charge in [0.15, 0.2) is 5.82 Å². The minimum atomic E-state index is -0.140. The molecule has 2 rings (SSSR count). The van der Waals surface area contributed by atoms with Gasteiger partial charge in [-0.05, 0) is 19.1 Å². The summed E-state index contributed by atoms with van der Waals surface area (Å²) in [4.78, 5) is 8.42. The van der Waals surface area contributed by atoms with Gasteiger partial charge in [0.05, 0.1) is 5.69 Å². The number of halogens is 1. The van der Waals surface area contributed by atoms with Crippen LogP contribution in [0.15, 0.2) is 34.8 Å². The molecule has 0 aliphatic heterocycles. The molecule has 0 radical (unpaired) electrons. The lowest BCUT2D eigenvalue weighted by molar-refractivity contribution is 0.271. The third-order valence-electron chi connectivity index (χ3n) is 2.19. The van der Waals surface area contributed by atoms with Crippen molar-refractivity contribution < 1.29 is 5.11 Å². The van der Waals surface area contributed by atoms with Crippen molar-refractivity contribution in [3.63, 3.8) is 0 Å². The number of rotatable bonds is 2. The lowest BCUT2D eigenvalue weighted by atomic mass is 10.1. The molecule has 2 aromatic rings. The smallest absolute Gasteiger partial charge is 0.154 e. The topological polar surface area (TPSA) is 46.0 Å². The number of benzene rings is 1. The summed E-state index contributed by atoms with van der Waals surface area (Å²) < 4.78 is 0.983. The van der Waals surface area contributed by atoms with E-state index in [1.54, 1.807) is 0 Å². The number of nitrogens with zero attached hydrogens (tertiary/aromatic N) is 2. The highest BCUT2D eigenvalue weighted by Crippen LogP contribution is 2.26. The molecular formula is C12H11BrN2O. The second kappa shape index (κ2) is 4.72. The van der Waals surface area contributed by atoms with Crippen LogP contribution in [0.2, 0.25) is 0 Å². The van der Waals surface area contributed by atoms with Gasteiger partial charge in [0.2, 0.25) is 0 Å². The summed E-state index contributed by atoms with van der Waals surface area (Å²) in [7, 11) is 0. The van der Waals surface area contributed by atoms with Crippen LogP contribution < -0.4 is 0 Å². The van der Waals surface area contributed by atoms with Gasteiger partial charge in [0, 0.05) is 15.7 Å². The lowest BCUT2D eigenvalue weighted by Gasteiger charge is -2.06. The Balaban J connectivity index is 2.56. The zero-order valence-electron chi connectivity index (χ0n) is 8.81. The van der Waals surface area contributed by atoms with Crippen LogP contribution in [-0.4, -0.2) is 15.1 Å². The quantitative estimate of drug-likeness (QED) is 0.919. The molecule has 1 N–H and O–H groups in total. The minimum Gasteiger partial charge on any atom is -0.388 e. The molecular weight excluding hydrogens is 268 g/mol. The van der Waals surface area contributed by atoms with Crippen molar-refractivity contribution in [2.75, 3.05) is 0 Å². The van der Waals surface area contributed by atoms with Crippen molar-refractivity contribution in [1.29, 1.82) is 0 Å². The number of aryl methyl sites for hydroxylation is 1. The molecule has 16 heavy (non-hydrogen) atoms. The van der Waals surface area contributed by atoms with Crippen LogP contribution in [0.1, 0.15) is 11.5 Å². The highest BCUT2D eigenvalue weighted by Gasteiger charge is 2.06. The fraction of sp³-hybridized carbons (Fsp3) is 0.167. The first-order chi connectivity index (χ1) is 7.70. The predicted molar refractivity (Wildman–Crippen MR) is 65.8 cm³/mol. The van der Waals surface area contributed by atoms with Crippen LogP contribution in [0.3, 0.4) is 0 Å². The maximum absolute atomic E-state index is 9.07. The highest BCUT2D eigenvalue weighted by molar-refractivity contribution is 9.10. The Morgan fingerprint density at radius 1 is 1.25 bits per heavy atom. The van der Waals surface area contributed by atoms with Gasteiger partial charge >= 0.3 is 0 Å². The lowest BCUT2D eigenvalue weighted by Crippen LogP contribution is -1.98. The summed E-state index contributed by atoms with van der Waals surface area (Å²) in [6.45, 7) is 1.75. The molecule has 0 saturated heterocycles. The second-order valence-corrected chi connectivity index (χ2v) is 4.30. The van der Waals surface area contributed by atoms with E-state index in [-0.39, 0.29) is 6.61 Å². The van der Waals surface area contributed by atoms with Crippen LogP contribution in [0.5, 0.6) is 0 Å². The van der Waals surface area contributed by atoms with E-state index in [0.29, 0.717) is 5.82 Å². The van der Waals surface area contributed by atoms with E-state index in [9.17, 15) is 0 Å². The fourth-order valence-electron chi connectivity index (χ4n) is 1.51. The first-order valence-electron chi connectivity index (χ1n) is 4.91. The zero-order valence-corrected chi connectivity index (χ0v) is 10.4. The molecule has 0 saturated carbocycles. The predicted octanol–water partition coefficient (Wildman–Crippen LogP) is 2.71. The molecule has 82 valence electrons. The Bertz CT molecular complexity index is 514. The molecule has 1 heterocycles. The molecule has 0 atom stereocenters. The van der Waals surface area contributed by atoms with E-state index in [1.807, 2.05) is 37.3 Å². The summed E-state index contributed by atoms with van der Waals surface area (Å²) in [6, 6.07) is 9.75. The van der Waals surface area contributed by atoms with Crippen LogP contribution in [-0.2, 0) is 6.61 Å².